The number of carbonyl (C=O) groups is 2. The van der Waals surface area contributed by atoms with Gasteiger partial charge in [-0.15, -0.1) is 0 Å². The summed E-state index contributed by atoms with van der Waals surface area (Å²) in [5.74, 6) is -0.264. The van der Waals surface area contributed by atoms with Gasteiger partial charge in [-0.2, -0.15) is 0 Å². The van der Waals surface area contributed by atoms with Crippen molar-refractivity contribution in [1.29, 1.82) is 0 Å². The van der Waals surface area contributed by atoms with Gasteiger partial charge in [0.1, 0.15) is 5.82 Å². The summed E-state index contributed by atoms with van der Waals surface area (Å²) in [5.41, 5.74) is 0.917. The minimum Gasteiger partial charge on any atom is -0.381 e. The number of amides is 2. The van der Waals surface area contributed by atoms with Gasteiger partial charge in [-0.1, -0.05) is 48.9 Å². The molecule has 6 heteroatoms. The van der Waals surface area contributed by atoms with Crippen LogP contribution in [-0.2, 0) is 20.7 Å². The molecule has 0 aliphatic carbocycles. The SMILES string of the molecule is O=C1CCCC[C@]2(CN(C(=O)C3(Cc4ccccc4)CCOCC3)C[C@H]2c2cccc(F)c2)N1. The predicted molar refractivity (Wildman–Crippen MR) is 128 cm³/mol. The topological polar surface area (TPSA) is 58.6 Å². The van der Waals surface area contributed by atoms with E-state index < -0.39 is 11.0 Å². The van der Waals surface area contributed by atoms with Crippen LogP contribution < -0.4 is 5.32 Å². The van der Waals surface area contributed by atoms with E-state index in [9.17, 15) is 14.0 Å². The second-order valence-electron chi connectivity index (χ2n) is 10.3. The quantitative estimate of drug-likeness (QED) is 0.737. The van der Waals surface area contributed by atoms with Crippen molar-refractivity contribution < 1.29 is 18.7 Å². The number of rotatable bonds is 4. The third-order valence-electron chi connectivity index (χ3n) is 8.04. The van der Waals surface area contributed by atoms with Crippen molar-refractivity contribution in [2.45, 2.75) is 56.4 Å². The van der Waals surface area contributed by atoms with E-state index in [1.54, 1.807) is 12.1 Å². The Labute approximate surface area is 200 Å². The number of nitrogens with zero attached hydrogens (tertiary/aromatic N) is 1. The highest BCUT2D eigenvalue weighted by Crippen LogP contribution is 2.44. The lowest BCUT2D eigenvalue weighted by atomic mass is 9.74. The van der Waals surface area contributed by atoms with Crippen molar-refractivity contribution in [3.05, 3.63) is 71.5 Å². The minimum absolute atomic E-state index is 0.0262. The van der Waals surface area contributed by atoms with Gasteiger partial charge in [-0.05, 0) is 55.4 Å². The van der Waals surface area contributed by atoms with Crippen LogP contribution in [0.5, 0.6) is 0 Å². The van der Waals surface area contributed by atoms with Gasteiger partial charge >= 0.3 is 0 Å². The third-order valence-corrected chi connectivity index (χ3v) is 8.04. The van der Waals surface area contributed by atoms with E-state index in [-0.39, 0.29) is 23.5 Å². The van der Waals surface area contributed by atoms with Crippen LogP contribution in [0.15, 0.2) is 54.6 Å². The average molecular weight is 465 g/mol. The molecule has 1 spiro atoms. The van der Waals surface area contributed by atoms with Crippen LogP contribution in [0.4, 0.5) is 4.39 Å². The van der Waals surface area contributed by atoms with Crippen molar-refractivity contribution in [2.75, 3.05) is 26.3 Å². The van der Waals surface area contributed by atoms with Crippen molar-refractivity contribution in [1.82, 2.24) is 10.2 Å². The van der Waals surface area contributed by atoms with Gasteiger partial charge in [0.25, 0.3) is 0 Å². The van der Waals surface area contributed by atoms with Gasteiger partial charge in [-0.3, -0.25) is 9.59 Å². The number of carbonyl (C=O) groups excluding carboxylic acids is 2. The Morgan fingerprint density at radius 1 is 1.06 bits per heavy atom. The van der Waals surface area contributed by atoms with Crippen LogP contribution in [0.25, 0.3) is 0 Å². The molecular weight excluding hydrogens is 431 g/mol. The lowest BCUT2D eigenvalue weighted by Gasteiger charge is -2.39. The number of halogens is 1. The Morgan fingerprint density at radius 2 is 1.85 bits per heavy atom. The van der Waals surface area contributed by atoms with Gasteiger partial charge in [0, 0.05) is 38.6 Å². The van der Waals surface area contributed by atoms with E-state index >= 15 is 0 Å². The molecule has 34 heavy (non-hydrogen) atoms. The molecule has 3 heterocycles. The fourth-order valence-electron chi connectivity index (χ4n) is 6.27. The van der Waals surface area contributed by atoms with Crippen LogP contribution in [0.2, 0.25) is 0 Å². The maximum atomic E-state index is 14.2. The second kappa shape index (κ2) is 9.49. The van der Waals surface area contributed by atoms with Gasteiger partial charge in [0.15, 0.2) is 0 Å². The second-order valence-corrected chi connectivity index (χ2v) is 10.3. The first-order chi connectivity index (χ1) is 16.5. The van der Waals surface area contributed by atoms with Crippen molar-refractivity contribution in [3.8, 4) is 0 Å². The Balaban J connectivity index is 1.48. The minimum atomic E-state index is -0.559. The van der Waals surface area contributed by atoms with E-state index in [1.807, 2.05) is 29.2 Å². The number of ether oxygens (including phenoxy) is 1. The molecule has 0 unspecified atom stereocenters. The average Bonchev–Trinajstić information content (AvgIpc) is 3.10. The number of benzene rings is 2. The highest BCUT2D eigenvalue weighted by atomic mass is 19.1. The van der Waals surface area contributed by atoms with Crippen LogP contribution in [0, 0.1) is 11.2 Å². The zero-order chi connectivity index (χ0) is 23.6. The molecule has 0 aromatic heterocycles. The van der Waals surface area contributed by atoms with Crippen molar-refractivity contribution >= 4 is 11.8 Å². The highest BCUT2D eigenvalue weighted by Gasteiger charge is 2.53. The number of hydrogen-bond acceptors (Lipinski definition) is 3. The predicted octanol–water partition coefficient (Wildman–Crippen LogP) is 4.22. The van der Waals surface area contributed by atoms with Crippen LogP contribution in [0.3, 0.4) is 0 Å². The Morgan fingerprint density at radius 3 is 2.62 bits per heavy atom. The Hall–Kier alpha value is -2.73. The van der Waals surface area contributed by atoms with E-state index in [2.05, 4.69) is 17.4 Å². The summed E-state index contributed by atoms with van der Waals surface area (Å²) in [6.07, 6.45) is 5.08. The number of likely N-dealkylation sites (tertiary alicyclic amines) is 1. The Kier molecular flexibility index (Phi) is 6.43. The molecule has 1 N–H and O–H groups in total. The van der Waals surface area contributed by atoms with Gasteiger partial charge in [0.05, 0.1) is 11.0 Å². The summed E-state index contributed by atoms with van der Waals surface area (Å²) in [7, 11) is 0. The maximum absolute atomic E-state index is 14.2. The van der Waals surface area contributed by atoms with Gasteiger partial charge in [-0.25, -0.2) is 4.39 Å². The van der Waals surface area contributed by atoms with Gasteiger partial charge in [0.2, 0.25) is 11.8 Å². The molecule has 3 aliphatic heterocycles. The third kappa shape index (κ3) is 4.48. The first-order valence-corrected chi connectivity index (χ1v) is 12.5. The summed E-state index contributed by atoms with van der Waals surface area (Å²) < 4.78 is 19.9. The summed E-state index contributed by atoms with van der Waals surface area (Å²) in [6, 6.07) is 16.8. The summed E-state index contributed by atoms with van der Waals surface area (Å²) >= 11 is 0. The normalized spacial score (nSPS) is 26.8. The lowest BCUT2D eigenvalue weighted by molar-refractivity contribution is -0.147. The van der Waals surface area contributed by atoms with E-state index in [1.165, 1.54) is 6.07 Å². The summed E-state index contributed by atoms with van der Waals surface area (Å²) in [4.78, 5) is 28.9. The van der Waals surface area contributed by atoms with Crippen LogP contribution >= 0.6 is 0 Å². The molecule has 3 saturated heterocycles. The molecule has 5 nitrogen and oxygen atoms in total. The number of hydrogen-bond donors (Lipinski definition) is 1. The monoisotopic (exact) mass is 464 g/mol. The van der Waals surface area contributed by atoms with Crippen LogP contribution in [-0.4, -0.2) is 48.6 Å². The van der Waals surface area contributed by atoms with E-state index in [4.69, 9.17) is 4.74 Å². The molecule has 2 aromatic carbocycles. The molecule has 3 aliphatic rings. The molecule has 0 saturated carbocycles. The Bertz CT molecular complexity index is 1040. The lowest BCUT2D eigenvalue weighted by Crippen LogP contribution is -2.54. The molecule has 180 valence electrons. The number of nitrogens with one attached hydrogen (secondary N) is 1. The molecule has 2 aromatic rings. The molecular formula is C28H33FN2O3. The zero-order valence-electron chi connectivity index (χ0n) is 19.6. The maximum Gasteiger partial charge on any atom is 0.229 e. The summed E-state index contributed by atoms with van der Waals surface area (Å²) in [5, 5.41) is 3.29. The van der Waals surface area contributed by atoms with Crippen LogP contribution in [0.1, 0.15) is 55.6 Å². The highest BCUT2D eigenvalue weighted by molar-refractivity contribution is 5.84. The zero-order valence-corrected chi connectivity index (χ0v) is 19.6. The molecule has 3 fully saturated rings. The van der Waals surface area contributed by atoms with Crippen molar-refractivity contribution in [2.24, 2.45) is 5.41 Å². The van der Waals surface area contributed by atoms with E-state index in [0.29, 0.717) is 52.0 Å². The van der Waals surface area contributed by atoms with E-state index in [0.717, 1.165) is 30.4 Å². The smallest absolute Gasteiger partial charge is 0.229 e. The first-order valence-electron chi connectivity index (χ1n) is 12.5. The standard InChI is InChI=1S/C28H33FN2O3/c29-23-10-6-9-22(17-23)24-19-31(20-28(24)12-5-4-11-25(32)30-28)26(33)27(13-15-34-16-14-27)18-21-7-2-1-3-8-21/h1-3,6-10,17,24H,4-5,11-16,18-20H2,(H,30,32)/t24-,28+/m0/s1. The first kappa shape index (κ1) is 23.0. The molecule has 2 amide bonds. The molecule has 0 bridgehead atoms. The largest absolute Gasteiger partial charge is 0.381 e. The summed E-state index contributed by atoms with van der Waals surface area (Å²) in [6.45, 7) is 2.10. The molecule has 2 atom stereocenters. The molecule has 5 rings (SSSR count). The van der Waals surface area contributed by atoms with Crippen molar-refractivity contribution in [3.63, 3.8) is 0 Å². The fraction of sp³-hybridized carbons (Fsp3) is 0.500. The van der Waals surface area contributed by atoms with Gasteiger partial charge < -0.3 is 15.0 Å². The fourth-order valence-corrected chi connectivity index (χ4v) is 6.27. The molecule has 0 radical (unpaired) electrons.